The van der Waals surface area contributed by atoms with Gasteiger partial charge in [-0.25, -0.2) is 0 Å². The maximum atomic E-state index is 11.7. The van der Waals surface area contributed by atoms with Crippen molar-refractivity contribution in [3.63, 3.8) is 0 Å². The van der Waals surface area contributed by atoms with Gasteiger partial charge in [-0.05, 0) is 19.8 Å². The third-order valence-corrected chi connectivity index (χ3v) is 2.57. The Labute approximate surface area is 79.3 Å². The summed E-state index contributed by atoms with van der Waals surface area (Å²) in [4.78, 5) is 13.4. The van der Waals surface area contributed by atoms with E-state index in [4.69, 9.17) is 5.26 Å². The lowest BCUT2D eigenvalue weighted by atomic mass is 10.1. The van der Waals surface area contributed by atoms with E-state index in [0.717, 1.165) is 12.8 Å². The van der Waals surface area contributed by atoms with E-state index < -0.39 is 0 Å². The van der Waals surface area contributed by atoms with Crippen molar-refractivity contribution in [3.05, 3.63) is 0 Å². The fourth-order valence-electron chi connectivity index (χ4n) is 1.78. The molecule has 1 aliphatic heterocycles. The van der Waals surface area contributed by atoms with E-state index >= 15 is 0 Å². The summed E-state index contributed by atoms with van der Waals surface area (Å²) in [6.07, 6.45) is 1.78. The van der Waals surface area contributed by atoms with Gasteiger partial charge in [-0.2, -0.15) is 5.26 Å². The maximum Gasteiger partial charge on any atom is 0.226 e. The molecule has 0 bridgehead atoms. The van der Waals surface area contributed by atoms with Crippen molar-refractivity contribution in [1.29, 1.82) is 5.26 Å². The lowest BCUT2D eigenvalue weighted by Gasteiger charge is -2.26. The van der Waals surface area contributed by atoms with Gasteiger partial charge in [0, 0.05) is 12.0 Å². The summed E-state index contributed by atoms with van der Waals surface area (Å²) in [6, 6.07) is 2.23. The van der Waals surface area contributed by atoms with Crippen LogP contribution in [0.15, 0.2) is 0 Å². The molecule has 0 aromatic heterocycles. The van der Waals surface area contributed by atoms with Crippen molar-refractivity contribution in [1.82, 2.24) is 4.90 Å². The first-order chi connectivity index (χ1) is 6.07. The highest BCUT2D eigenvalue weighted by molar-refractivity contribution is 5.79. The number of amides is 1. The number of carbonyl (C=O) groups is 1. The minimum atomic E-state index is -0.190. The number of hydrogen-bond acceptors (Lipinski definition) is 2. The van der Waals surface area contributed by atoms with Crippen molar-refractivity contribution in [2.45, 2.75) is 45.7 Å². The summed E-state index contributed by atoms with van der Waals surface area (Å²) in [5.41, 5.74) is 0. The van der Waals surface area contributed by atoms with Crippen LogP contribution < -0.4 is 0 Å². The molecule has 0 N–H and O–H groups in total. The van der Waals surface area contributed by atoms with E-state index in [1.165, 1.54) is 0 Å². The average molecular weight is 180 g/mol. The third kappa shape index (κ3) is 1.82. The Morgan fingerprint density at radius 2 is 2.15 bits per heavy atom. The summed E-state index contributed by atoms with van der Waals surface area (Å²) in [5.74, 6) is 0.105. The van der Waals surface area contributed by atoms with Gasteiger partial charge in [0.2, 0.25) is 5.91 Å². The monoisotopic (exact) mass is 180 g/mol. The van der Waals surface area contributed by atoms with Gasteiger partial charge in [0.25, 0.3) is 0 Å². The van der Waals surface area contributed by atoms with Crippen molar-refractivity contribution >= 4 is 5.91 Å². The fraction of sp³-hybridized carbons (Fsp3) is 0.800. The molecule has 0 radical (unpaired) electrons. The molecule has 72 valence electrons. The van der Waals surface area contributed by atoms with Gasteiger partial charge in [0.1, 0.15) is 6.04 Å². The van der Waals surface area contributed by atoms with Crippen LogP contribution in [0.25, 0.3) is 0 Å². The van der Waals surface area contributed by atoms with E-state index in [2.05, 4.69) is 6.07 Å². The fourth-order valence-corrected chi connectivity index (χ4v) is 1.78. The Bertz CT molecular complexity index is 242. The van der Waals surface area contributed by atoms with Gasteiger partial charge in [-0.1, -0.05) is 13.8 Å². The van der Waals surface area contributed by atoms with Crippen LogP contribution in [0.4, 0.5) is 0 Å². The van der Waals surface area contributed by atoms with Crippen molar-refractivity contribution in [2.24, 2.45) is 5.92 Å². The molecule has 3 heteroatoms. The topological polar surface area (TPSA) is 44.1 Å². The summed E-state index contributed by atoms with van der Waals surface area (Å²) in [5, 5.41) is 8.84. The van der Waals surface area contributed by atoms with Crippen LogP contribution in [0.1, 0.15) is 33.6 Å². The van der Waals surface area contributed by atoms with Crippen LogP contribution in [0.5, 0.6) is 0 Å². The average Bonchev–Trinajstić information content (AvgIpc) is 2.45. The highest BCUT2D eigenvalue weighted by atomic mass is 16.2. The lowest BCUT2D eigenvalue weighted by Crippen LogP contribution is -2.41. The molecule has 13 heavy (non-hydrogen) atoms. The van der Waals surface area contributed by atoms with Gasteiger partial charge in [0.15, 0.2) is 0 Å². The Morgan fingerprint density at radius 1 is 1.54 bits per heavy atom. The molecule has 0 unspecified atom stereocenters. The van der Waals surface area contributed by atoms with Crippen LogP contribution in [0.2, 0.25) is 0 Å². The molecule has 0 saturated carbocycles. The first-order valence-corrected chi connectivity index (χ1v) is 4.79. The maximum absolute atomic E-state index is 11.7. The predicted molar refractivity (Wildman–Crippen MR) is 49.8 cm³/mol. The number of likely N-dealkylation sites (tertiary alicyclic amines) is 1. The zero-order valence-electron chi connectivity index (χ0n) is 8.45. The lowest BCUT2D eigenvalue weighted by molar-refractivity contribution is -0.136. The molecule has 1 amide bonds. The van der Waals surface area contributed by atoms with Gasteiger partial charge in [-0.3, -0.25) is 4.79 Å². The molecular formula is C10H16N2O. The Balaban J connectivity index is 2.76. The molecule has 0 spiro atoms. The van der Waals surface area contributed by atoms with E-state index in [-0.39, 0.29) is 23.9 Å². The second-order valence-corrected chi connectivity index (χ2v) is 3.97. The molecule has 1 heterocycles. The van der Waals surface area contributed by atoms with Gasteiger partial charge < -0.3 is 4.90 Å². The second-order valence-electron chi connectivity index (χ2n) is 3.97. The summed E-state index contributed by atoms with van der Waals surface area (Å²) >= 11 is 0. The molecule has 0 aliphatic carbocycles. The number of carbonyl (C=O) groups excluding carboxylic acids is 1. The second kappa shape index (κ2) is 3.78. The molecule has 3 nitrogen and oxygen atoms in total. The zero-order valence-corrected chi connectivity index (χ0v) is 8.45. The van der Waals surface area contributed by atoms with Crippen LogP contribution in [0, 0.1) is 17.2 Å². The Morgan fingerprint density at radius 3 is 2.62 bits per heavy atom. The molecular weight excluding hydrogens is 164 g/mol. The molecule has 1 rings (SSSR count). The Hall–Kier alpha value is -1.04. The highest BCUT2D eigenvalue weighted by Gasteiger charge is 2.34. The quantitative estimate of drug-likeness (QED) is 0.614. The summed E-state index contributed by atoms with van der Waals surface area (Å²) < 4.78 is 0. The minimum Gasteiger partial charge on any atom is -0.324 e. The van der Waals surface area contributed by atoms with Gasteiger partial charge in [-0.15, -0.1) is 0 Å². The standard InChI is InChI=1S/C10H16N2O/c1-7(2)10(13)12-8(3)4-5-9(12)6-11/h7-9H,4-5H2,1-3H3/t8-,9+/m1/s1. The van der Waals surface area contributed by atoms with Gasteiger partial charge >= 0.3 is 0 Å². The van der Waals surface area contributed by atoms with Crippen molar-refractivity contribution in [3.8, 4) is 6.07 Å². The largest absolute Gasteiger partial charge is 0.324 e. The first-order valence-electron chi connectivity index (χ1n) is 4.79. The normalized spacial score (nSPS) is 27.8. The molecule has 0 aromatic carbocycles. The van der Waals surface area contributed by atoms with Crippen LogP contribution in [-0.2, 0) is 4.79 Å². The van der Waals surface area contributed by atoms with Crippen molar-refractivity contribution < 1.29 is 4.79 Å². The number of nitrogens with zero attached hydrogens (tertiary/aromatic N) is 2. The SMILES string of the molecule is CC(C)C(=O)N1[C@H](C)CC[C@H]1C#N. The molecule has 2 atom stereocenters. The Kier molecular flexibility index (Phi) is 2.92. The molecule has 1 saturated heterocycles. The number of rotatable bonds is 1. The zero-order chi connectivity index (χ0) is 10.0. The van der Waals surface area contributed by atoms with Crippen LogP contribution in [0.3, 0.4) is 0 Å². The van der Waals surface area contributed by atoms with Crippen molar-refractivity contribution in [2.75, 3.05) is 0 Å². The smallest absolute Gasteiger partial charge is 0.226 e. The highest BCUT2D eigenvalue weighted by Crippen LogP contribution is 2.25. The first kappa shape index (κ1) is 10.0. The third-order valence-electron chi connectivity index (χ3n) is 2.57. The van der Waals surface area contributed by atoms with E-state index in [9.17, 15) is 4.79 Å². The summed E-state index contributed by atoms with van der Waals surface area (Å²) in [6.45, 7) is 5.77. The molecule has 0 aromatic rings. The van der Waals surface area contributed by atoms with Crippen LogP contribution >= 0.6 is 0 Å². The number of hydrogen-bond donors (Lipinski definition) is 0. The number of nitriles is 1. The van der Waals surface area contributed by atoms with Crippen LogP contribution in [-0.4, -0.2) is 22.9 Å². The van der Waals surface area contributed by atoms with E-state index in [1.54, 1.807) is 4.90 Å². The van der Waals surface area contributed by atoms with Gasteiger partial charge in [0.05, 0.1) is 6.07 Å². The molecule has 1 aliphatic rings. The minimum absolute atomic E-state index is 0.00333. The van der Waals surface area contributed by atoms with E-state index in [0.29, 0.717) is 0 Å². The predicted octanol–water partition coefficient (Wildman–Crippen LogP) is 1.55. The molecule has 1 fully saturated rings. The summed E-state index contributed by atoms with van der Waals surface area (Å²) in [7, 11) is 0. The van der Waals surface area contributed by atoms with E-state index in [1.807, 2.05) is 20.8 Å².